The fourth-order valence-electron chi connectivity index (χ4n) is 1.73. The highest BCUT2D eigenvalue weighted by Crippen LogP contribution is 2.19. The summed E-state index contributed by atoms with van der Waals surface area (Å²) >= 11 is 0. The van der Waals surface area contributed by atoms with Gasteiger partial charge < -0.3 is 14.8 Å². The second-order valence-corrected chi connectivity index (χ2v) is 3.61. The lowest BCUT2D eigenvalue weighted by Crippen LogP contribution is -2.43. The first-order valence-electron chi connectivity index (χ1n) is 5.16. The van der Waals surface area contributed by atoms with Crippen molar-refractivity contribution in [2.75, 3.05) is 26.8 Å². The van der Waals surface area contributed by atoms with Crippen molar-refractivity contribution in [3.63, 3.8) is 0 Å². The van der Waals surface area contributed by atoms with Crippen LogP contribution in [0.25, 0.3) is 0 Å². The minimum absolute atomic E-state index is 0.0935. The van der Waals surface area contributed by atoms with Gasteiger partial charge >= 0.3 is 0 Å². The number of carbonyl (C=O) groups is 1. The molecule has 16 heavy (non-hydrogen) atoms. The Morgan fingerprint density at radius 1 is 1.75 bits per heavy atom. The number of nitrogens with zero attached hydrogens (tertiary/aromatic N) is 2. The summed E-state index contributed by atoms with van der Waals surface area (Å²) < 4.78 is 12.0. The number of nitrogens with one attached hydrogen (secondary N) is 1. The van der Waals surface area contributed by atoms with Gasteiger partial charge in [0.15, 0.2) is 5.75 Å². The maximum absolute atomic E-state index is 12.2. The molecule has 0 spiro atoms. The van der Waals surface area contributed by atoms with Crippen molar-refractivity contribution >= 4 is 5.78 Å². The third kappa shape index (κ3) is 1.94. The van der Waals surface area contributed by atoms with E-state index < -0.39 is 6.10 Å². The maximum atomic E-state index is 12.2. The van der Waals surface area contributed by atoms with E-state index in [1.807, 2.05) is 0 Å². The van der Waals surface area contributed by atoms with E-state index in [2.05, 4.69) is 10.4 Å². The fraction of sp³-hybridized carbons (Fsp3) is 0.600. The van der Waals surface area contributed by atoms with Crippen molar-refractivity contribution < 1.29 is 14.3 Å². The molecule has 0 bridgehead atoms. The van der Waals surface area contributed by atoms with Crippen molar-refractivity contribution in [3.05, 3.63) is 11.9 Å². The molecule has 2 heterocycles. The molecule has 1 aromatic heterocycles. The van der Waals surface area contributed by atoms with Crippen LogP contribution in [0.3, 0.4) is 0 Å². The third-order valence-corrected chi connectivity index (χ3v) is 2.58. The van der Waals surface area contributed by atoms with Gasteiger partial charge in [0.25, 0.3) is 0 Å². The van der Waals surface area contributed by atoms with Gasteiger partial charge in [0.2, 0.25) is 5.78 Å². The van der Waals surface area contributed by atoms with Crippen molar-refractivity contribution in [3.8, 4) is 5.75 Å². The van der Waals surface area contributed by atoms with Crippen LogP contribution >= 0.6 is 0 Å². The van der Waals surface area contributed by atoms with Crippen molar-refractivity contribution in [1.82, 2.24) is 15.1 Å². The Bertz CT molecular complexity index is 383. The summed E-state index contributed by atoms with van der Waals surface area (Å²) in [5, 5.41) is 7.12. The molecule has 88 valence electrons. The smallest absolute Gasteiger partial charge is 0.214 e. The molecule has 0 radical (unpaired) electrons. The molecule has 0 saturated carbocycles. The Morgan fingerprint density at radius 3 is 3.19 bits per heavy atom. The predicted octanol–water partition coefficient (Wildman–Crippen LogP) is -0.400. The lowest BCUT2D eigenvalue weighted by atomic mass is 10.1. The standard InChI is InChI=1S/C10H15N3O3/c1-13-9(7(15-2)6-12-13)10(14)8-5-11-3-4-16-8/h6,8,11H,3-5H2,1-2H3. The minimum Gasteiger partial charge on any atom is -0.493 e. The molecule has 1 unspecified atom stereocenters. The molecular weight excluding hydrogens is 210 g/mol. The maximum Gasteiger partial charge on any atom is 0.214 e. The number of Topliss-reactive ketones (excluding diaryl/α,β-unsaturated/α-hetero) is 1. The average molecular weight is 225 g/mol. The van der Waals surface area contributed by atoms with E-state index in [-0.39, 0.29) is 5.78 Å². The monoisotopic (exact) mass is 225 g/mol. The molecule has 0 aromatic carbocycles. The summed E-state index contributed by atoms with van der Waals surface area (Å²) in [4.78, 5) is 12.2. The van der Waals surface area contributed by atoms with Crippen molar-refractivity contribution in [1.29, 1.82) is 0 Å². The minimum atomic E-state index is -0.446. The van der Waals surface area contributed by atoms with Crippen LogP contribution in [-0.2, 0) is 11.8 Å². The zero-order valence-corrected chi connectivity index (χ0v) is 9.40. The number of hydrogen-bond acceptors (Lipinski definition) is 5. The summed E-state index contributed by atoms with van der Waals surface area (Å²) in [7, 11) is 3.24. The lowest BCUT2D eigenvalue weighted by molar-refractivity contribution is 0.0260. The van der Waals surface area contributed by atoms with Gasteiger partial charge in [0, 0.05) is 20.1 Å². The molecule has 1 atom stereocenters. The first kappa shape index (κ1) is 11.1. The molecular formula is C10H15N3O3. The van der Waals surface area contributed by atoms with Gasteiger partial charge in [-0.3, -0.25) is 9.48 Å². The highest BCUT2D eigenvalue weighted by Gasteiger charge is 2.28. The van der Waals surface area contributed by atoms with Gasteiger partial charge in [0.1, 0.15) is 11.8 Å². The number of ketones is 1. The second kappa shape index (κ2) is 4.63. The van der Waals surface area contributed by atoms with E-state index in [0.717, 1.165) is 6.54 Å². The van der Waals surface area contributed by atoms with Crippen molar-refractivity contribution in [2.45, 2.75) is 6.10 Å². The van der Waals surface area contributed by atoms with Crippen LogP contribution in [0.2, 0.25) is 0 Å². The Kier molecular flexibility index (Phi) is 3.21. The normalized spacial score (nSPS) is 20.8. The van der Waals surface area contributed by atoms with E-state index in [0.29, 0.717) is 24.6 Å². The van der Waals surface area contributed by atoms with Crippen LogP contribution in [0, 0.1) is 0 Å². The number of aryl methyl sites for hydroxylation is 1. The Hall–Kier alpha value is -1.40. The summed E-state index contributed by atoms with van der Waals surface area (Å²) in [5.41, 5.74) is 0.455. The molecule has 2 rings (SSSR count). The summed E-state index contributed by atoms with van der Waals surface area (Å²) in [6, 6.07) is 0. The molecule has 1 aliphatic rings. The third-order valence-electron chi connectivity index (χ3n) is 2.58. The first-order valence-corrected chi connectivity index (χ1v) is 5.16. The highest BCUT2D eigenvalue weighted by atomic mass is 16.5. The number of morpholine rings is 1. The Labute approximate surface area is 93.5 Å². The topological polar surface area (TPSA) is 65.4 Å². The second-order valence-electron chi connectivity index (χ2n) is 3.61. The molecule has 0 amide bonds. The first-order chi connectivity index (χ1) is 7.74. The molecule has 1 N–H and O–H groups in total. The predicted molar refractivity (Wildman–Crippen MR) is 56.7 cm³/mol. The number of rotatable bonds is 3. The number of hydrogen-bond donors (Lipinski definition) is 1. The van der Waals surface area contributed by atoms with Gasteiger partial charge in [0.05, 0.1) is 19.9 Å². The number of aromatic nitrogens is 2. The van der Waals surface area contributed by atoms with Crippen molar-refractivity contribution in [2.24, 2.45) is 7.05 Å². The number of methoxy groups -OCH3 is 1. The molecule has 1 aromatic rings. The quantitative estimate of drug-likeness (QED) is 0.709. The van der Waals surface area contributed by atoms with Crippen LogP contribution in [0.15, 0.2) is 6.20 Å². The van der Waals surface area contributed by atoms with Crippen LogP contribution in [0.5, 0.6) is 5.75 Å². The molecule has 6 heteroatoms. The van der Waals surface area contributed by atoms with Gasteiger partial charge in [-0.15, -0.1) is 0 Å². The number of ether oxygens (including phenoxy) is 2. The van der Waals surface area contributed by atoms with E-state index in [1.54, 1.807) is 7.05 Å². The molecule has 1 saturated heterocycles. The summed E-state index contributed by atoms with van der Waals surface area (Å²) in [6.07, 6.45) is 1.08. The summed E-state index contributed by atoms with van der Waals surface area (Å²) in [6.45, 7) is 1.87. The van der Waals surface area contributed by atoms with E-state index in [9.17, 15) is 4.79 Å². The van der Waals surface area contributed by atoms with Gasteiger partial charge in [-0.25, -0.2) is 0 Å². The van der Waals surface area contributed by atoms with Crippen LogP contribution < -0.4 is 10.1 Å². The SMILES string of the molecule is COc1cnn(C)c1C(=O)C1CNCCO1. The van der Waals surface area contributed by atoms with E-state index in [1.165, 1.54) is 18.0 Å². The zero-order valence-electron chi connectivity index (χ0n) is 9.40. The highest BCUT2D eigenvalue weighted by molar-refractivity contribution is 6.00. The van der Waals surface area contributed by atoms with Gasteiger partial charge in [-0.1, -0.05) is 0 Å². The molecule has 1 aliphatic heterocycles. The summed E-state index contributed by atoms with van der Waals surface area (Å²) in [5.74, 6) is 0.394. The Morgan fingerprint density at radius 2 is 2.56 bits per heavy atom. The van der Waals surface area contributed by atoms with Crippen LogP contribution in [0.4, 0.5) is 0 Å². The zero-order chi connectivity index (χ0) is 11.5. The van der Waals surface area contributed by atoms with Crippen LogP contribution in [-0.4, -0.2) is 48.5 Å². The van der Waals surface area contributed by atoms with Gasteiger partial charge in [-0.05, 0) is 0 Å². The molecule has 6 nitrogen and oxygen atoms in total. The molecule has 1 fully saturated rings. The number of carbonyl (C=O) groups excluding carboxylic acids is 1. The Balaban J connectivity index is 2.21. The average Bonchev–Trinajstić information content (AvgIpc) is 2.70. The lowest BCUT2D eigenvalue weighted by Gasteiger charge is -2.22. The fourth-order valence-corrected chi connectivity index (χ4v) is 1.73. The van der Waals surface area contributed by atoms with E-state index in [4.69, 9.17) is 9.47 Å². The van der Waals surface area contributed by atoms with Gasteiger partial charge in [-0.2, -0.15) is 5.10 Å². The largest absolute Gasteiger partial charge is 0.493 e. The molecule has 0 aliphatic carbocycles. The van der Waals surface area contributed by atoms with E-state index >= 15 is 0 Å². The van der Waals surface area contributed by atoms with Crippen LogP contribution in [0.1, 0.15) is 10.5 Å².